The number of nitrogens with one attached hydrogen (secondary N) is 2. The third kappa shape index (κ3) is 8.40. The summed E-state index contributed by atoms with van der Waals surface area (Å²) in [6.07, 6.45) is 0.122. The van der Waals surface area contributed by atoms with Crippen LogP contribution in [0.25, 0.3) is 0 Å². The van der Waals surface area contributed by atoms with E-state index in [4.69, 9.17) is 0 Å². The summed E-state index contributed by atoms with van der Waals surface area (Å²) in [6, 6.07) is 8.18. The number of likely N-dealkylation sites (N-methyl/N-ethyl adjacent to an activating group) is 1. The summed E-state index contributed by atoms with van der Waals surface area (Å²) < 4.78 is 12.1. The predicted molar refractivity (Wildman–Crippen MR) is 129 cm³/mol. The van der Waals surface area contributed by atoms with Crippen LogP contribution in [0.4, 0.5) is 0 Å². The number of amides is 3. The fourth-order valence-corrected chi connectivity index (χ4v) is 4.66. The standard InChI is InChI=1S/C24H37N3O5S/c1-16(2)13-19(14-20(28)27(31)17(3)4)22(29)26-21(23(30)25-7)24(5,6)33(32)15-18-11-9-8-10-12-18/h8-12,16,19,21,31H,3,13-15H2,1-2,4-7H3,(H,25,30)(H,26,29)/t19-,21?,33?/m1/s1. The molecule has 0 aliphatic heterocycles. The Morgan fingerprint density at radius 3 is 2.21 bits per heavy atom. The summed E-state index contributed by atoms with van der Waals surface area (Å²) >= 11 is 0. The van der Waals surface area contributed by atoms with Crippen LogP contribution in [0.15, 0.2) is 42.6 Å². The molecule has 184 valence electrons. The van der Waals surface area contributed by atoms with Gasteiger partial charge >= 0.3 is 0 Å². The fraction of sp³-hybridized carbons (Fsp3) is 0.542. The average Bonchev–Trinajstić information content (AvgIpc) is 2.75. The predicted octanol–water partition coefficient (Wildman–Crippen LogP) is 2.75. The lowest BCUT2D eigenvalue weighted by atomic mass is 9.91. The maximum absolute atomic E-state index is 13.2. The molecule has 33 heavy (non-hydrogen) atoms. The molecule has 0 saturated carbocycles. The van der Waals surface area contributed by atoms with Crippen molar-refractivity contribution in [2.24, 2.45) is 11.8 Å². The molecule has 0 fully saturated rings. The smallest absolute Gasteiger partial charge is 0.251 e. The second-order valence-electron chi connectivity index (χ2n) is 9.11. The minimum Gasteiger partial charge on any atom is -0.357 e. The molecule has 1 aromatic rings. The van der Waals surface area contributed by atoms with E-state index in [2.05, 4.69) is 17.2 Å². The second-order valence-corrected chi connectivity index (χ2v) is 11.1. The zero-order valence-corrected chi connectivity index (χ0v) is 21.2. The molecule has 0 aliphatic carbocycles. The molecule has 0 heterocycles. The minimum absolute atomic E-state index is 0.0872. The van der Waals surface area contributed by atoms with Crippen LogP contribution in [0.5, 0.6) is 0 Å². The Kier molecular flexibility index (Phi) is 10.9. The Morgan fingerprint density at radius 1 is 1.15 bits per heavy atom. The van der Waals surface area contributed by atoms with E-state index in [1.807, 2.05) is 44.2 Å². The third-order valence-corrected chi connectivity index (χ3v) is 7.37. The highest BCUT2D eigenvalue weighted by Gasteiger charge is 2.42. The second kappa shape index (κ2) is 12.6. The molecule has 9 heteroatoms. The van der Waals surface area contributed by atoms with Gasteiger partial charge in [0, 0.05) is 41.6 Å². The monoisotopic (exact) mass is 479 g/mol. The Labute approximate surface area is 199 Å². The van der Waals surface area contributed by atoms with E-state index in [0.29, 0.717) is 11.5 Å². The zero-order valence-electron chi connectivity index (χ0n) is 20.4. The van der Waals surface area contributed by atoms with Gasteiger partial charge in [-0.1, -0.05) is 50.8 Å². The van der Waals surface area contributed by atoms with Crippen LogP contribution in [0, 0.1) is 11.8 Å². The Morgan fingerprint density at radius 2 is 1.73 bits per heavy atom. The molecule has 0 aliphatic rings. The van der Waals surface area contributed by atoms with Crippen molar-refractivity contribution in [3.63, 3.8) is 0 Å². The van der Waals surface area contributed by atoms with Gasteiger partial charge in [0.2, 0.25) is 11.8 Å². The van der Waals surface area contributed by atoms with Gasteiger partial charge in [0.05, 0.1) is 4.75 Å². The highest BCUT2D eigenvalue weighted by atomic mass is 32.2. The maximum Gasteiger partial charge on any atom is 0.251 e. The zero-order chi connectivity index (χ0) is 25.3. The maximum atomic E-state index is 13.2. The van der Waals surface area contributed by atoms with Crippen molar-refractivity contribution in [2.45, 2.75) is 64.0 Å². The summed E-state index contributed by atoms with van der Waals surface area (Å²) in [5, 5.41) is 15.6. The number of rotatable bonds is 12. The van der Waals surface area contributed by atoms with Crippen molar-refractivity contribution < 1.29 is 23.8 Å². The van der Waals surface area contributed by atoms with Crippen LogP contribution in [-0.4, -0.2) is 50.0 Å². The number of carbonyl (C=O) groups is 3. The van der Waals surface area contributed by atoms with E-state index in [-0.39, 0.29) is 23.8 Å². The molecule has 0 radical (unpaired) electrons. The van der Waals surface area contributed by atoms with E-state index >= 15 is 0 Å². The van der Waals surface area contributed by atoms with Crippen LogP contribution in [0.2, 0.25) is 0 Å². The molecule has 3 atom stereocenters. The van der Waals surface area contributed by atoms with Crippen LogP contribution in [-0.2, 0) is 30.9 Å². The summed E-state index contributed by atoms with van der Waals surface area (Å²) in [6.45, 7) is 12.2. The van der Waals surface area contributed by atoms with E-state index in [1.165, 1.54) is 14.0 Å². The molecule has 0 bridgehead atoms. The lowest BCUT2D eigenvalue weighted by molar-refractivity contribution is -0.159. The van der Waals surface area contributed by atoms with E-state index < -0.39 is 45.2 Å². The first kappa shape index (κ1) is 28.5. The highest BCUT2D eigenvalue weighted by Crippen LogP contribution is 2.24. The molecule has 8 nitrogen and oxygen atoms in total. The van der Waals surface area contributed by atoms with E-state index in [0.717, 1.165) is 5.56 Å². The first-order chi connectivity index (χ1) is 15.3. The Balaban J connectivity index is 3.13. The van der Waals surface area contributed by atoms with Crippen molar-refractivity contribution in [1.82, 2.24) is 15.7 Å². The molecule has 0 spiro atoms. The van der Waals surface area contributed by atoms with Gasteiger partial charge in [0.15, 0.2) is 0 Å². The van der Waals surface area contributed by atoms with Gasteiger partial charge < -0.3 is 10.6 Å². The third-order valence-electron chi connectivity index (χ3n) is 5.36. The van der Waals surface area contributed by atoms with Crippen LogP contribution in [0.1, 0.15) is 53.0 Å². The summed E-state index contributed by atoms with van der Waals surface area (Å²) in [4.78, 5) is 38.3. The van der Waals surface area contributed by atoms with Crippen molar-refractivity contribution >= 4 is 28.5 Å². The minimum atomic E-state index is -1.50. The molecule has 1 aromatic carbocycles. The Hall–Kier alpha value is -2.52. The number of hydrogen-bond acceptors (Lipinski definition) is 5. The summed E-state index contributed by atoms with van der Waals surface area (Å²) in [5.41, 5.74) is 1.00. The molecule has 2 unspecified atom stereocenters. The van der Waals surface area contributed by atoms with E-state index in [9.17, 15) is 23.8 Å². The average molecular weight is 480 g/mol. The molecule has 0 aromatic heterocycles. The summed E-state index contributed by atoms with van der Waals surface area (Å²) in [5.74, 6) is -2.11. The fourth-order valence-electron chi connectivity index (χ4n) is 3.36. The number of nitrogens with zero attached hydrogens (tertiary/aromatic N) is 1. The largest absolute Gasteiger partial charge is 0.357 e. The molecule has 0 saturated heterocycles. The number of hydroxylamine groups is 2. The van der Waals surface area contributed by atoms with Crippen molar-refractivity contribution in [1.29, 1.82) is 0 Å². The summed E-state index contributed by atoms with van der Waals surface area (Å²) in [7, 11) is -0.0528. The lowest BCUT2D eigenvalue weighted by Crippen LogP contribution is -2.60. The first-order valence-electron chi connectivity index (χ1n) is 10.9. The SMILES string of the molecule is C=C(C)N(O)C(=O)C[C@@H](CC(C)C)C(=O)NC(C(=O)NC)C(C)(C)S(=O)Cc1ccccc1. The van der Waals surface area contributed by atoms with Gasteiger partial charge in [-0.15, -0.1) is 0 Å². The van der Waals surface area contributed by atoms with Gasteiger partial charge in [0.25, 0.3) is 5.91 Å². The number of carbonyl (C=O) groups excluding carboxylic acids is 3. The molecular formula is C24H37N3O5S. The first-order valence-corrected chi connectivity index (χ1v) is 12.2. The van der Waals surface area contributed by atoms with Crippen LogP contribution < -0.4 is 10.6 Å². The van der Waals surface area contributed by atoms with Gasteiger partial charge in [0.1, 0.15) is 6.04 Å². The molecule has 1 rings (SSSR count). The van der Waals surface area contributed by atoms with E-state index in [1.54, 1.807) is 13.8 Å². The number of benzene rings is 1. The van der Waals surface area contributed by atoms with Gasteiger partial charge in [-0.25, -0.2) is 0 Å². The molecule has 3 amide bonds. The van der Waals surface area contributed by atoms with Crippen LogP contribution in [0.3, 0.4) is 0 Å². The van der Waals surface area contributed by atoms with Crippen molar-refractivity contribution in [3.05, 3.63) is 48.2 Å². The normalized spacial score (nSPS) is 14.2. The Bertz CT molecular complexity index is 870. The van der Waals surface area contributed by atoms with Gasteiger partial charge in [-0.05, 0) is 38.7 Å². The number of allylic oxidation sites excluding steroid dienone is 1. The lowest BCUT2D eigenvalue weighted by Gasteiger charge is -2.34. The van der Waals surface area contributed by atoms with Crippen molar-refractivity contribution in [2.75, 3.05) is 7.05 Å². The van der Waals surface area contributed by atoms with Crippen LogP contribution >= 0.6 is 0 Å². The quantitative estimate of drug-likeness (QED) is 0.315. The van der Waals surface area contributed by atoms with Crippen molar-refractivity contribution in [3.8, 4) is 0 Å². The highest BCUT2D eigenvalue weighted by molar-refractivity contribution is 7.85. The molecular weight excluding hydrogens is 442 g/mol. The van der Waals surface area contributed by atoms with Gasteiger partial charge in [-0.3, -0.25) is 23.8 Å². The topological polar surface area (TPSA) is 116 Å². The van der Waals surface area contributed by atoms with Gasteiger partial charge in [-0.2, -0.15) is 5.06 Å². The molecule has 3 N–H and O–H groups in total. The number of hydrogen-bond donors (Lipinski definition) is 3.